The predicted octanol–water partition coefficient (Wildman–Crippen LogP) is 2.49. The van der Waals surface area contributed by atoms with Crippen molar-refractivity contribution in [3.63, 3.8) is 0 Å². The van der Waals surface area contributed by atoms with Crippen LogP contribution in [0.25, 0.3) is 5.69 Å². The standard InChI is InChI=1S/C11H10Cl2N4O/c1-7(12)11(18)16-9-4-2-3-8(13)10(9)17-6-14-5-15-17/h2-7H,1H3,(H,16,18). The van der Waals surface area contributed by atoms with Gasteiger partial charge in [0.05, 0.1) is 10.7 Å². The van der Waals surface area contributed by atoms with Crippen molar-refractivity contribution < 1.29 is 4.79 Å². The molecule has 0 spiro atoms. The number of para-hydroxylation sites is 1. The topological polar surface area (TPSA) is 59.8 Å². The third-order valence-electron chi connectivity index (χ3n) is 2.25. The van der Waals surface area contributed by atoms with Crippen LogP contribution >= 0.6 is 23.2 Å². The van der Waals surface area contributed by atoms with Crippen LogP contribution in [-0.4, -0.2) is 26.0 Å². The Morgan fingerprint density at radius 3 is 2.89 bits per heavy atom. The van der Waals surface area contributed by atoms with Gasteiger partial charge < -0.3 is 5.32 Å². The minimum absolute atomic E-state index is 0.305. The predicted molar refractivity (Wildman–Crippen MR) is 70.3 cm³/mol. The summed E-state index contributed by atoms with van der Waals surface area (Å²) in [5.41, 5.74) is 1.09. The van der Waals surface area contributed by atoms with E-state index in [2.05, 4.69) is 15.4 Å². The molecule has 2 aromatic rings. The van der Waals surface area contributed by atoms with E-state index in [4.69, 9.17) is 23.2 Å². The summed E-state index contributed by atoms with van der Waals surface area (Å²) in [5, 5.41) is 6.52. The van der Waals surface area contributed by atoms with Gasteiger partial charge in [0.15, 0.2) is 0 Å². The number of rotatable bonds is 3. The van der Waals surface area contributed by atoms with Crippen molar-refractivity contribution in [2.24, 2.45) is 0 Å². The van der Waals surface area contributed by atoms with Crippen LogP contribution in [0.1, 0.15) is 6.92 Å². The first kappa shape index (κ1) is 12.9. The first-order valence-electron chi connectivity index (χ1n) is 5.18. The molecule has 2 rings (SSSR count). The summed E-state index contributed by atoms with van der Waals surface area (Å²) in [4.78, 5) is 15.5. The molecule has 7 heteroatoms. The molecule has 1 unspecified atom stereocenters. The minimum atomic E-state index is -0.632. The van der Waals surface area contributed by atoms with Gasteiger partial charge in [-0.05, 0) is 19.1 Å². The van der Waals surface area contributed by atoms with Gasteiger partial charge in [0.2, 0.25) is 5.91 Å². The van der Waals surface area contributed by atoms with Crippen molar-refractivity contribution in [2.75, 3.05) is 5.32 Å². The van der Waals surface area contributed by atoms with E-state index in [0.717, 1.165) is 0 Å². The molecule has 1 N–H and O–H groups in total. The second-order valence-electron chi connectivity index (χ2n) is 3.58. The molecule has 0 saturated heterocycles. The summed E-state index contributed by atoms with van der Waals surface area (Å²) < 4.78 is 1.48. The molecule has 0 saturated carbocycles. The van der Waals surface area contributed by atoms with Crippen LogP contribution in [0.15, 0.2) is 30.9 Å². The molecule has 0 aliphatic rings. The van der Waals surface area contributed by atoms with Crippen LogP contribution in [0, 0.1) is 0 Å². The normalized spacial score (nSPS) is 12.2. The molecule has 0 aliphatic heterocycles. The third-order valence-corrected chi connectivity index (χ3v) is 2.76. The molecule has 0 aliphatic carbocycles. The summed E-state index contributed by atoms with van der Waals surface area (Å²) in [6.07, 6.45) is 2.89. The number of benzene rings is 1. The van der Waals surface area contributed by atoms with E-state index in [0.29, 0.717) is 16.4 Å². The first-order valence-corrected chi connectivity index (χ1v) is 5.99. The number of amides is 1. The maximum atomic E-state index is 11.6. The highest BCUT2D eigenvalue weighted by Crippen LogP contribution is 2.27. The van der Waals surface area contributed by atoms with Crippen LogP contribution in [0.5, 0.6) is 0 Å². The maximum Gasteiger partial charge on any atom is 0.242 e. The number of nitrogens with zero attached hydrogens (tertiary/aromatic N) is 3. The van der Waals surface area contributed by atoms with E-state index in [9.17, 15) is 4.79 Å². The minimum Gasteiger partial charge on any atom is -0.323 e. The van der Waals surface area contributed by atoms with Gasteiger partial charge in [-0.3, -0.25) is 4.79 Å². The summed E-state index contributed by atoms with van der Waals surface area (Å²) >= 11 is 11.8. The van der Waals surface area contributed by atoms with Gasteiger partial charge in [-0.2, -0.15) is 5.10 Å². The monoisotopic (exact) mass is 284 g/mol. The number of hydrogen-bond donors (Lipinski definition) is 1. The van der Waals surface area contributed by atoms with E-state index < -0.39 is 5.38 Å². The Morgan fingerprint density at radius 1 is 1.50 bits per heavy atom. The zero-order valence-electron chi connectivity index (χ0n) is 9.47. The van der Waals surface area contributed by atoms with E-state index in [1.54, 1.807) is 25.1 Å². The average Bonchev–Trinajstić information content (AvgIpc) is 2.82. The number of alkyl halides is 1. The zero-order chi connectivity index (χ0) is 13.1. The fourth-order valence-corrected chi connectivity index (χ4v) is 1.72. The van der Waals surface area contributed by atoms with Gasteiger partial charge in [0.1, 0.15) is 23.7 Å². The quantitative estimate of drug-likeness (QED) is 0.881. The number of carbonyl (C=O) groups is 1. The average molecular weight is 285 g/mol. The Labute approximate surface area is 114 Å². The molecule has 0 radical (unpaired) electrons. The van der Waals surface area contributed by atoms with Crippen molar-refractivity contribution in [1.82, 2.24) is 14.8 Å². The Kier molecular flexibility index (Phi) is 3.84. The van der Waals surface area contributed by atoms with E-state index in [-0.39, 0.29) is 5.91 Å². The fourth-order valence-electron chi connectivity index (χ4n) is 1.40. The summed E-state index contributed by atoms with van der Waals surface area (Å²) in [5.74, 6) is -0.305. The van der Waals surface area contributed by atoms with Crippen LogP contribution in [0.2, 0.25) is 5.02 Å². The van der Waals surface area contributed by atoms with Crippen molar-refractivity contribution in [2.45, 2.75) is 12.3 Å². The van der Waals surface area contributed by atoms with E-state index in [1.165, 1.54) is 17.3 Å². The van der Waals surface area contributed by atoms with Crippen LogP contribution in [0.3, 0.4) is 0 Å². The summed E-state index contributed by atoms with van der Waals surface area (Å²) in [7, 11) is 0. The number of carbonyl (C=O) groups excluding carboxylic acids is 1. The maximum absolute atomic E-state index is 11.6. The highest BCUT2D eigenvalue weighted by molar-refractivity contribution is 6.34. The van der Waals surface area contributed by atoms with Gasteiger partial charge in [-0.25, -0.2) is 9.67 Å². The van der Waals surface area contributed by atoms with Crippen molar-refractivity contribution in [3.05, 3.63) is 35.9 Å². The lowest BCUT2D eigenvalue weighted by atomic mass is 10.2. The highest BCUT2D eigenvalue weighted by atomic mass is 35.5. The molecule has 18 heavy (non-hydrogen) atoms. The molecule has 1 heterocycles. The first-order chi connectivity index (χ1) is 8.59. The van der Waals surface area contributed by atoms with Crippen LogP contribution in [0.4, 0.5) is 5.69 Å². The Morgan fingerprint density at radius 2 is 2.28 bits per heavy atom. The molecule has 1 atom stereocenters. The molecule has 94 valence electrons. The van der Waals surface area contributed by atoms with Gasteiger partial charge >= 0.3 is 0 Å². The number of halogens is 2. The SMILES string of the molecule is CC(Cl)C(=O)Nc1cccc(Cl)c1-n1cncn1. The van der Waals surface area contributed by atoms with Gasteiger partial charge in [-0.15, -0.1) is 11.6 Å². The lowest BCUT2D eigenvalue weighted by molar-refractivity contribution is -0.115. The summed E-state index contributed by atoms with van der Waals surface area (Å²) in [6, 6.07) is 5.16. The lowest BCUT2D eigenvalue weighted by Crippen LogP contribution is -2.21. The Balaban J connectivity index is 2.42. The van der Waals surface area contributed by atoms with Gasteiger partial charge in [-0.1, -0.05) is 17.7 Å². The fraction of sp³-hybridized carbons (Fsp3) is 0.182. The Hall–Kier alpha value is -1.59. The molecule has 1 amide bonds. The van der Waals surface area contributed by atoms with Crippen LogP contribution in [-0.2, 0) is 4.79 Å². The molecule has 1 aromatic heterocycles. The van der Waals surface area contributed by atoms with Crippen LogP contribution < -0.4 is 5.32 Å². The Bertz CT molecular complexity index is 554. The van der Waals surface area contributed by atoms with Crippen molar-refractivity contribution >= 4 is 34.8 Å². The van der Waals surface area contributed by atoms with E-state index >= 15 is 0 Å². The third kappa shape index (κ3) is 2.63. The number of hydrogen-bond acceptors (Lipinski definition) is 3. The number of aromatic nitrogens is 3. The van der Waals surface area contributed by atoms with Crippen molar-refractivity contribution in [1.29, 1.82) is 0 Å². The summed E-state index contributed by atoms with van der Waals surface area (Å²) in [6.45, 7) is 1.59. The molecular formula is C11H10Cl2N4O. The zero-order valence-corrected chi connectivity index (χ0v) is 11.0. The molecule has 0 fully saturated rings. The molecule has 5 nitrogen and oxygen atoms in total. The number of nitrogens with one attached hydrogen (secondary N) is 1. The second-order valence-corrected chi connectivity index (χ2v) is 4.64. The highest BCUT2D eigenvalue weighted by Gasteiger charge is 2.15. The molecule has 0 bridgehead atoms. The van der Waals surface area contributed by atoms with Gasteiger partial charge in [0, 0.05) is 0 Å². The molecular weight excluding hydrogens is 275 g/mol. The second kappa shape index (κ2) is 5.37. The largest absolute Gasteiger partial charge is 0.323 e. The lowest BCUT2D eigenvalue weighted by Gasteiger charge is -2.12. The van der Waals surface area contributed by atoms with Crippen molar-refractivity contribution in [3.8, 4) is 5.69 Å². The molecule has 1 aromatic carbocycles. The smallest absolute Gasteiger partial charge is 0.242 e. The van der Waals surface area contributed by atoms with Gasteiger partial charge in [0.25, 0.3) is 0 Å². The number of anilines is 1. The van der Waals surface area contributed by atoms with E-state index in [1.807, 2.05) is 0 Å².